The Morgan fingerprint density at radius 1 is 1.15 bits per heavy atom. The summed E-state index contributed by atoms with van der Waals surface area (Å²) >= 11 is 0. The number of imidazole rings is 1. The lowest BCUT2D eigenvalue weighted by Crippen LogP contribution is -2.35. The van der Waals surface area contributed by atoms with Gasteiger partial charge in [-0.05, 0) is 87.5 Å². The average molecular weight is 466 g/mol. The lowest BCUT2D eigenvalue weighted by atomic mass is 9.90. The number of benzene rings is 1. The number of aromatic nitrogens is 2. The maximum absolute atomic E-state index is 12.5. The molecule has 0 radical (unpaired) electrons. The van der Waals surface area contributed by atoms with Gasteiger partial charge in [0.05, 0.1) is 17.9 Å². The zero-order chi connectivity index (χ0) is 24.3. The number of rotatable bonds is 10. The van der Waals surface area contributed by atoms with Gasteiger partial charge in [-0.1, -0.05) is 31.9 Å². The summed E-state index contributed by atoms with van der Waals surface area (Å²) in [5.74, 6) is 2.51. The minimum absolute atomic E-state index is 0.268. The van der Waals surface area contributed by atoms with Crippen LogP contribution in [0.3, 0.4) is 0 Å². The molecule has 1 aromatic heterocycles. The van der Waals surface area contributed by atoms with Crippen molar-refractivity contribution >= 4 is 11.9 Å². The third kappa shape index (κ3) is 5.89. The Kier molecular flexibility index (Phi) is 7.44. The Balaban J connectivity index is 1.44. The minimum Gasteiger partial charge on any atom is -0.444 e. The van der Waals surface area contributed by atoms with E-state index in [1.807, 2.05) is 33.9 Å². The fraction of sp³-hybridized carbons (Fsp3) is 0.607. The van der Waals surface area contributed by atoms with Crippen molar-refractivity contribution in [3.63, 3.8) is 0 Å². The number of carbonyl (C=O) groups excluding carboxylic acids is 2. The molecule has 3 atom stereocenters. The smallest absolute Gasteiger partial charge is 0.408 e. The molecule has 1 fully saturated rings. The number of carbonyl (C=O) groups is 2. The van der Waals surface area contributed by atoms with Gasteiger partial charge in [0.25, 0.3) is 0 Å². The van der Waals surface area contributed by atoms with Crippen LogP contribution in [0.1, 0.15) is 120 Å². The van der Waals surface area contributed by atoms with Gasteiger partial charge in [0.15, 0.2) is 0 Å². The molecular formula is C28H39N3O3. The van der Waals surface area contributed by atoms with Crippen molar-refractivity contribution in [3.8, 4) is 11.3 Å². The van der Waals surface area contributed by atoms with E-state index in [-0.39, 0.29) is 6.04 Å². The molecule has 0 aliphatic heterocycles. The third-order valence-corrected chi connectivity index (χ3v) is 7.17. The van der Waals surface area contributed by atoms with E-state index < -0.39 is 11.7 Å². The largest absolute Gasteiger partial charge is 0.444 e. The topological polar surface area (TPSA) is 84.1 Å². The number of hydrogen-bond donors (Lipinski definition) is 2. The second-order valence-electron chi connectivity index (χ2n) is 10.9. The second-order valence-corrected chi connectivity index (χ2v) is 10.9. The van der Waals surface area contributed by atoms with E-state index in [1.165, 1.54) is 30.4 Å². The first-order valence-electron chi connectivity index (χ1n) is 12.9. The molecule has 2 bridgehead atoms. The summed E-state index contributed by atoms with van der Waals surface area (Å²) < 4.78 is 5.50. The Labute approximate surface area is 203 Å². The van der Waals surface area contributed by atoms with Crippen LogP contribution in [0, 0.1) is 0 Å². The van der Waals surface area contributed by atoms with Gasteiger partial charge in [0, 0.05) is 12.8 Å². The number of aromatic amines is 1. The van der Waals surface area contributed by atoms with Crippen molar-refractivity contribution in [2.45, 2.75) is 109 Å². The summed E-state index contributed by atoms with van der Waals surface area (Å²) in [6, 6.07) is 6.55. The molecule has 2 aromatic rings. The number of fused-ring (bicyclic) bond motifs is 5. The van der Waals surface area contributed by atoms with Gasteiger partial charge in [0.1, 0.15) is 17.2 Å². The van der Waals surface area contributed by atoms with Crippen molar-refractivity contribution in [2.75, 3.05) is 0 Å². The van der Waals surface area contributed by atoms with Crippen LogP contribution in [0.25, 0.3) is 11.3 Å². The van der Waals surface area contributed by atoms with Crippen LogP contribution in [0.15, 0.2) is 24.4 Å². The number of nitrogens with zero attached hydrogens (tertiary/aromatic N) is 1. The second kappa shape index (κ2) is 10.3. The first-order valence-corrected chi connectivity index (χ1v) is 12.9. The van der Waals surface area contributed by atoms with Gasteiger partial charge in [-0.25, -0.2) is 9.78 Å². The average Bonchev–Trinajstić information content (AvgIpc) is 3.53. The number of H-pyrrole nitrogens is 1. The highest BCUT2D eigenvalue weighted by molar-refractivity contribution is 5.77. The van der Waals surface area contributed by atoms with E-state index in [0.29, 0.717) is 24.5 Å². The van der Waals surface area contributed by atoms with E-state index in [2.05, 4.69) is 33.5 Å². The molecule has 0 spiro atoms. The van der Waals surface area contributed by atoms with Crippen molar-refractivity contribution < 1.29 is 14.3 Å². The van der Waals surface area contributed by atoms with Gasteiger partial charge >= 0.3 is 6.09 Å². The Morgan fingerprint density at radius 2 is 1.91 bits per heavy atom. The summed E-state index contributed by atoms with van der Waals surface area (Å²) in [5, 5.41) is 3.01. The maximum atomic E-state index is 12.5. The van der Waals surface area contributed by atoms with Crippen LogP contribution in [0.4, 0.5) is 4.79 Å². The molecular weight excluding hydrogens is 426 g/mol. The summed E-state index contributed by atoms with van der Waals surface area (Å²) in [4.78, 5) is 32.2. The SMILES string of the molecule is CCC(=O)CCCCC[C@H](NC(=O)OC(C)(C)C)c1ncc(-c2ccc3c(c2)[C@H]2CC[C@@H]3C2)[nH]1. The van der Waals surface area contributed by atoms with E-state index in [1.54, 1.807) is 0 Å². The minimum atomic E-state index is -0.562. The van der Waals surface area contributed by atoms with E-state index in [0.717, 1.165) is 48.7 Å². The van der Waals surface area contributed by atoms with Crippen molar-refractivity contribution in [2.24, 2.45) is 0 Å². The van der Waals surface area contributed by atoms with Gasteiger partial charge in [-0.15, -0.1) is 0 Å². The predicted molar refractivity (Wildman–Crippen MR) is 134 cm³/mol. The van der Waals surface area contributed by atoms with Gasteiger partial charge < -0.3 is 15.0 Å². The van der Waals surface area contributed by atoms with Gasteiger partial charge in [-0.3, -0.25) is 4.79 Å². The summed E-state index contributed by atoms with van der Waals surface area (Å²) in [6.07, 6.45) is 10.1. The predicted octanol–water partition coefficient (Wildman–Crippen LogP) is 6.94. The third-order valence-electron chi connectivity index (χ3n) is 7.17. The molecule has 184 valence electrons. The number of alkyl carbamates (subject to hydrolysis) is 1. The highest BCUT2D eigenvalue weighted by Gasteiger charge is 2.36. The monoisotopic (exact) mass is 465 g/mol. The molecule has 1 saturated carbocycles. The fourth-order valence-corrected chi connectivity index (χ4v) is 5.43. The van der Waals surface area contributed by atoms with Gasteiger partial charge in [-0.2, -0.15) is 0 Å². The molecule has 1 aromatic carbocycles. The summed E-state index contributed by atoms with van der Waals surface area (Å²) in [6.45, 7) is 7.48. The molecule has 1 heterocycles. The number of ether oxygens (including phenoxy) is 1. The molecule has 2 aliphatic rings. The normalized spacial score (nSPS) is 19.6. The summed E-state index contributed by atoms with van der Waals surface area (Å²) in [5.41, 5.74) is 4.61. The number of hydrogen-bond acceptors (Lipinski definition) is 4. The Bertz CT molecular complexity index is 1020. The van der Waals surface area contributed by atoms with Gasteiger partial charge in [0.2, 0.25) is 0 Å². The number of amides is 1. The lowest BCUT2D eigenvalue weighted by Gasteiger charge is -2.23. The number of unbranched alkanes of at least 4 members (excludes halogenated alkanes) is 2. The zero-order valence-electron chi connectivity index (χ0n) is 21.1. The van der Waals surface area contributed by atoms with Crippen LogP contribution < -0.4 is 5.32 Å². The van der Waals surface area contributed by atoms with Crippen LogP contribution >= 0.6 is 0 Å². The van der Waals surface area contributed by atoms with Crippen LogP contribution in [-0.2, 0) is 9.53 Å². The molecule has 34 heavy (non-hydrogen) atoms. The van der Waals surface area contributed by atoms with Crippen molar-refractivity contribution in [1.82, 2.24) is 15.3 Å². The van der Waals surface area contributed by atoms with E-state index >= 15 is 0 Å². The zero-order valence-corrected chi connectivity index (χ0v) is 21.1. The molecule has 0 unspecified atom stereocenters. The van der Waals surface area contributed by atoms with E-state index in [9.17, 15) is 9.59 Å². The fourth-order valence-electron chi connectivity index (χ4n) is 5.43. The van der Waals surface area contributed by atoms with E-state index in [4.69, 9.17) is 4.74 Å². The summed E-state index contributed by atoms with van der Waals surface area (Å²) in [7, 11) is 0. The lowest BCUT2D eigenvalue weighted by molar-refractivity contribution is -0.118. The first-order chi connectivity index (χ1) is 16.2. The molecule has 6 heteroatoms. The number of ketones is 1. The molecule has 2 aliphatic carbocycles. The maximum Gasteiger partial charge on any atom is 0.408 e. The van der Waals surface area contributed by atoms with Crippen LogP contribution in [-0.4, -0.2) is 27.4 Å². The molecule has 1 amide bonds. The standard InChI is InChI=1S/C28H39N3O3/c1-5-21(32)9-7-6-8-10-24(31-27(33)34-28(2,3)4)26-29-17-25(30-26)20-13-14-22-18-11-12-19(15-18)23(22)16-20/h13-14,16-19,24H,5-12,15H2,1-4H3,(H,29,30)(H,31,33)/t18-,19+,24+/m1/s1. The van der Waals surface area contributed by atoms with Crippen molar-refractivity contribution in [1.29, 1.82) is 0 Å². The quantitative estimate of drug-likeness (QED) is 0.372. The first kappa shape index (κ1) is 24.5. The highest BCUT2D eigenvalue weighted by atomic mass is 16.6. The molecule has 4 rings (SSSR count). The number of Topliss-reactive ketones (excluding diaryl/α,β-unsaturated/α-hetero) is 1. The number of nitrogens with one attached hydrogen (secondary N) is 2. The van der Waals surface area contributed by atoms with Crippen LogP contribution in [0.5, 0.6) is 0 Å². The molecule has 2 N–H and O–H groups in total. The molecule has 6 nitrogen and oxygen atoms in total. The van der Waals surface area contributed by atoms with Crippen LogP contribution in [0.2, 0.25) is 0 Å². The Morgan fingerprint density at radius 3 is 2.65 bits per heavy atom. The van der Waals surface area contributed by atoms with Crippen molar-refractivity contribution in [3.05, 3.63) is 41.3 Å². The molecule has 0 saturated heterocycles. The highest BCUT2D eigenvalue weighted by Crippen LogP contribution is 2.53. The Hall–Kier alpha value is -2.63.